The van der Waals surface area contributed by atoms with Crippen LogP contribution in [-0.4, -0.2) is 41.5 Å². The maximum absolute atomic E-state index is 13.3. The summed E-state index contributed by atoms with van der Waals surface area (Å²) < 4.78 is 49.8. The molecule has 0 saturated carbocycles. The first-order valence-corrected chi connectivity index (χ1v) is 8.56. The molecule has 0 saturated heterocycles. The Hall–Kier alpha value is -2.68. The maximum Gasteiger partial charge on any atom is 0.507 e. The lowest BCUT2D eigenvalue weighted by molar-refractivity contribution is -0.0895. The zero-order chi connectivity index (χ0) is 20.6. The summed E-state index contributed by atoms with van der Waals surface area (Å²) in [5.74, 6) is -0.0103. The molecule has 0 spiro atoms. The van der Waals surface area contributed by atoms with E-state index in [1.165, 1.54) is 12.0 Å². The summed E-state index contributed by atoms with van der Waals surface area (Å²) in [4.78, 5) is 16.5. The number of methoxy groups -OCH3 is 1. The van der Waals surface area contributed by atoms with Gasteiger partial charge >= 0.3 is 12.3 Å². The smallest absolute Gasteiger partial charge is 0.497 e. The normalized spacial score (nSPS) is 24.6. The Morgan fingerprint density at radius 2 is 1.93 bits per heavy atom. The fraction of sp³-hybridized carbons (Fsp3) is 0.333. The summed E-state index contributed by atoms with van der Waals surface area (Å²) in [5.41, 5.74) is -0.302. The molecule has 0 amide bonds. The van der Waals surface area contributed by atoms with Gasteiger partial charge in [-0.3, -0.25) is 0 Å². The Morgan fingerprint density at radius 3 is 2.46 bits per heavy atom. The minimum absolute atomic E-state index is 0.0137. The molecule has 0 aliphatic carbocycles. The molecule has 3 rings (SSSR count). The average Bonchev–Trinajstić information content (AvgIpc) is 2.62. The molecule has 0 bridgehead atoms. The van der Waals surface area contributed by atoms with E-state index in [2.05, 4.69) is 4.99 Å². The van der Waals surface area contributed by atoms with Gasteiger partial charge in [0.05, 0.1) is 23.8 Å². The standard InChI is InChI=1S/C18H16ClF3N2O4/c1-9-14(10-3-5-12(27-2)6-4-10)24-8-11(18(20,21)22)7-13(19)15(24)23-16(9)28-17(25)26/h3-9,14,16H,1-2H3,(H,25,26). The first-order valence-electron chi connectivity index (χ1n) is 8.18. The topological polar surface area (TPSA) is 71.4 Å². The number of nitrogens with zero attached hydrogens (tertiary/aromatic N) is 2. The zero-order valence-electron chi connectivity index (χ0n) is 14.8. The first-order chi connectivity index (χ1) is 13.1. The van der Waals surface area contributed by atoms with Gasteiger partial charge in [-0.05, 0) is 23.8 Å². The van der Waals surface area contributed by atoms with E-state index in [9.17, 15) is 18.0 Å². The van der Waals surface area contributed by atoms with Crippen molar-refractivity contribution in [1.29, 1.82) is 0 Å². The molecule has 28 heavy (non-hydrogen) atoms. The summed E-state index contributed by atoms with van der Waals surface area (Å²) in [6.45, 7) is 1.65. The predicted octanol–water partition coefficient (Wildman–Crippen LogP) is 4.69. The second kappa shape index (κ2) is 7.38. The highest BCUT2D eigenvalue weighted by Gasteiger charge is 2.44. The summed E-state index contributed by atoms with van der Waals surface area (Å²) in [5, 5.41) is 8.74. The van der Waals surface area contributed by atoms with Gasteiger partial charge in [0, 0.05) is 12.1 Å². The molecule has 2 aliphatic rings. The van der Waals surface area contributed by atoms with Crippen LogP contribution in [0.5, 0.6) is 5.75 Å². The van der Waals surface area contributed by atoms with E-state index in [1.807, 2.05) is 0 Å². The number of carbonyl (C=O) groups is 1. The molecule has 1 aromatic rings. The van der Waals surface area contributed by atoms with Gasteiger partial charge < -0.3 is 19.5 Å². The molecule has 0 fully saturated rings. The first kappa shape index (κ1) is 20.1. The molecule has 2 aliphatic heterocycles. The quantitative estimate of drug-likeness (QED) is 0.724. The molecule has 3 unspecified atom stereocenters. The highest BCUT2D eigenvalue weighted by Crippen LogP contribution is 2.43. The second-order valence-corrected chi connectivity index (χ2v) is 6.69. The van der Waals surface area contributed by atoms with Crippen molar-refractivity contribution in [3.63, 3.8) is 0 Å². The third-order valence-corrected chi connectivity index (χ3v) is 4.80. The van der Waals surface area contributed by atoms with E-state index in [0.717, 1.165) is 12.3 Å². The van der Waals surface area contributed by atoms with E-state index >= 15 is 0 Å². The van der Waals surface area contributed by atoms with Gasteiger partial charge in [-0.1, -0.05) is 30.7 Å². The monoisotopic (exact) mass is 416 g/mol. The number of fused-ring (bicyclic) bond motifs is 1. The van der Waals surface area contributed by atoms with E-state index in [4.69, 9.17) is 26.2 Å². The van der Waals surface area contributed by atoms with Crippen LogP contribution in [0.2, 0.25) is 0 Å². The highest BCUT2D eigenvalue weighted by atomic mass is 35.5. The van der Waals surface area contributed by atoms with Gasteiger partial charge in [0.25, 0.3) is 0 Å². The van der Waals surface area contributed by atoms with Crippen molar-refractivity contribution in [2.24, 2.45) is 10.9 Å². The Bertz CT molecular complexity index is 865. The van der Waals surface area contributed by atoms with Crippen molar-refractivity contribution in [3.05, 3.63) is 52.7 Å². The number of hydrogen-bond donors (Lipinski definition) is 1. The molecular formula is C18H16ClF3N2O4. The molecule has 1 N–H and O–H groups in total. The van der Waals surface area contributed by atoms with Gasteiger partial charge in [0.15, 0.2) is 5.84 Å². The minimum Gasteiger partial charge on any atom is -0.497 e. The van der Waals surface area contributed by atoms with Gasteiger partial charge in [-0.2, -0.15) is 13.2 Å². The molecule has 0 radical (unpaired) electrons. The molecule has 6 nitrogen and oxygen atoms in total. The number of rotatable bonds is 3. The predicted molar refractivity (Wildman–Crippen MR) is 95.1 cm³/mol. The zero-order valence-corrected chi connectivity index (χ0v) is 15.5. The number of ether oxygens (including phenoxy) is 2. The average molecular weight is 417 g/mol. The summed E-state index contributed by atoms with van der Waals surface area (Å²) in [6.07, 6.45) is -5.58. The van der Waals surface area contributed by atoms with Crippen LogP contribution in [0.15, 0.2) is 52.1 Å². The Labute approximate surface area is 163 Å². The molecule has 3 atom stereocenters. The third-order valence-electron chi connectivity index (χ3n) is 4.52. The van der Waals surface area contributed by atoms with Gasteiger partial charge in [-0.15, -0.1) is 0 Å². The van der Waals surface area contributed by atoms with Crippen LogP contribution in [-0.2, 0) is 4.74 Å². The maximum atomic E-state index is 13.3. The van der Waals surface area contributed by atoms with Gasteiger partial charge in [0.2, 0.25) is 6.23 Å². The number of aliphatic imine (C=N–C) groups is 1. The van der Waals surface area contributed by atoms with Crippen molar-refractivity contribution < 1.29 is 32.5 Å². The minimum atomic E-state index is -4.60. The van der Waals surface area contributed by atoms with Crippen LogP contribution >= 0.6 is 11.6 Å². The van der Waals surface area contributed by atoms with Crippen LogP contribution in [0.3, 0.4) is 0 Å². The number of amidine groups is 1. The summed E-state index contributed by atoms with van der Waals surface area (Å²) in [6, 6.07) is 6.01. The summed E-state index contributed by atoms with van der Waals surface area (Å²) >= 11 is 6.07. The van der Waals surface area contributed by atoms with Crippen LogP contribution in [0.25, 0.3) is 0 Å². The molecular weight excluding hydrogens is 401 g/mol. The molecule has 0 aromatic heterocycles. The largest absolute Gasteiger partial charge is 0.507 e. The molecule has 10 heteroatoms. The van der Waals surface area contributed by atoms with Crippen molar-refractivity contribution in [1.82, 2.24) is 4.90 Å². The van der Waals surface area contributed by atoms with Crippen molar-refractivity contribution in [2.75, 3.05) is 7.11 Å². The Morgan fingerprint density at radius 1 is 1.29 bits per heavy atom. The lowest BCUT2D eigenvalue weighted by atomic mass is 9.89. The molecule has 150 valence electrons. The third kappa shape index (κ3) is 3.80. The van der Waals surface area contributed by atoms with Gasteiger partial charge in [0.1, 0.15) is 5.75 Å². The van der Waals surface area contributed by atoms with E-state index in [1.54, 1.807) is 31.2 Å². The number of halogens is 4. The van der Waals surface area contributed by atoms with E-state index in [0.29, 0.717) is 11.3 Å². The van der Waals surface area contributed by atoms with E-state index < -0.39 is 36.1 Å². The highest BCUT2D eigenvalue weighted by molar-refractivity contribution is 6.43. The molecule has 1 aromatic carbocycles. The van der Waals surface area contributed by atoms with Crippen LogP contribution in [0.1, 0.15) is 18.5 Å². The lowest BCUT2D eigenvalue weighted by Gasteiger charge is -2.43. The van der Waals surface area contributed by atoms with Crippen molar-refractivity contribution in [2.45, 2.75) is 25.4 Å². The Balaban J connectivity index is 2.11. The SMILES string of the molecule is COc1ccc(C2C(C)C(OC(=O)O)N=C3C(Cl)=CC(C(F)(F)F)=CN32)cc1. The fourth-order valence-corrected chi connectivity index (χ4v) is 3.48. The van der Waals surface area contributed by atoms with Crippen molar-refractivity contribution in [3.8, 4) is 5.75 Å². The second-order valence-electron chi connectivity index (χ2n) is 6.29. The van der Waals surface area contributed by atoms with E-state index in [-0.39, 0.29) is 10.9 Å². The van der Waals surface area contributed by atoms with Crippen LogP contribution in [0.4, 0.5) is 18.0 Å². The fourth-order valence-electron chi connectivity index (χ4n) is 3.22. The number of allylic oxidation sites excluding steroid dienone is 2. The Kier molecular flexibility index (Phi) is 5.29. The number of alkyl halides is 3. The van der Waals surface area contributed by atoms with Crippen molar-refractivity contribution >= 4 is 23.6 Å². The number of hydrogen-bond acceptors (Lipinski definition) is 5. The van der Waals surface area contributed by atoms with Crippen LogP contribution < -0.4 is 4.74 Å². The summed E-state index contributed by atoms with van der Waals surface area (Å²) in [7, 11) is 1.49. The number of carboxylic acid groups (broad SMARTS) is 1. The molecule has 2 heterocycles. The van der Waals surface area contributed by atoms with Gasteiger partial charge in [-0.25, -0.2) is 9.79 Å². The van der Waals surface area contributed by atoms with Crippen LogP contribution in [0, 0.1) is 5.92 Å². The number of benzene rings is 1. The lowest BCUT2D eigenvalue weighted by Crippen LogP contribution is -2.46.